The zero-order valence-corrected chi connectivity index (χ0v) is 10.6. The third-order valence-corrected chi connectivity index (χ3v) is 3.36. The maximum Gasteiger partial charge on any atom is 0.339 e. The lowest BCUT2D eigenvalue weighted by atomic mass is 9.96. The highest BCUT2D eigenvalue weighted by Crippen LogP contribution is 2.28. The molecule has 1 aliphatic rings. The van der Waals surface area contributed by atoms with Crippen molar-refractivity contribution in [2.75, 3.05) is 7.11 Å². The Balaban J connectivity index is 2.11. The van der Waals surface area contributed by atoms with Crippen molar-refractivity contribution in [1.29, 1.82) is 0 Å². The summed E-state index contributed by atoms with van der Waals surface area (Å²) in [7, 11) is 1.37. The van der Waals surface area contributed by atoms with Gasteiger partial charge in [0.2, 0.25) is 0 Å². The summed E-state index contributed by atoms with van der Waals surface area (Å²) in [6.45, 7) is 0. The lowest BCUT2D eigenvalue weighted by Crippen LogP contribution is -2.24. The van der Waals surface area contributed by atoms with Gasteiger partial charge in [0.05, 0.1) is 18.8 Å². The number of benzene rings is 1. The number of halogens is 1. The SMILES string of the molecule is COC(=O)c1ccc(OC2CCC2)cc1Br. The van der Waals surface area contributed by atoms with E-state index in [1.807, 2.05) is 6.07 Å². The quantitative estimate of drug-likeness (QED) is 0.800. The Labute approximate surface area is 103 Å². The highest BCUT2D eigenvalue weighted by Gasteiger charge is 2.19. The molecule has 0 N–H and O–H groups in total. The molecule has 0 radical (unpaired) electrons. The van der Waals surface area contributed by atoms with Crippen LogP contribution in [0.5, 0.6) is 5.75 Å². The average molecular weight is 285 g/mol. The fourth-order valence-electron chi connectivity index (χ4n) is 1.53. The van der Waals surface area contributed by atoms with Crippen molar-refractivity contribution in [3.05, 3.63) is 28.2 Å². The number of ether oxygens (including phenoxy) is 2. The minimum absolute atomic E-state index is 0.343. The summed E-state index contributed by atoms with van der Waals surface area (Å²) in [4.78, 5) is 11.3. The molecule has 0 heterocycles. The van der Waals surface area contributed by atoms with Crippen LogP contribution in [0, 0.1) is 0 Å². The summed E-state index contributed by atoms with van der Waals surface area (Å²) in [5.74, 6) is 0.450. The highest BCUT2D eigenvalue weighted by atomic mass is 79.9. The molecule has 0 amide bonds. The van der Waals surface area contributed by atoms with Crippen molar-refractivity contribution in [3.63, 3.8) is 0 Å². The molecule has 0 saturated heterocycles. The highest BCUT2D eigenvalue weighted by molar-refractivity contribution is 9.10. The van der Waals surface area contributed by atoms with E-state index in [0.717, 1.165) is 18.6 Å². The van der Waals surface area contributed by atoms with Gasteiger partial charge >= 0.3 is 5.97 Å². The Hall–Kier alpha value is -1.03. The van der Waals surface area contributed by atoms with E-state index < -0.39 is 0 Å². The number of methoxy groups -OCH3 is 1. The van der Waals surface area contributed by atoms with Gasteiger partial charge in [-0.05, 0) is 53.4 Å². The number of hydrogen-bond acceptors (Lipinski definition) is 3. The zero-order chi connectivity index (χ0) is 11.5. The van der Waals surface area contributed by atoms with E-state index in [2.05, 4.69) is 20.7 Å². The molecular formula is C12H13BrO3. The zero-order valence-electron chi connectivity index (χ0n) is 9.03. The maximum atomic E-state index is 11.3. The second-order valence-corrected chi connectivity index (χ2v) is 4.66. The largest absolute Gasteiger partial charge is 0.490 e. The van der Waals surface area contributed by atoms with Crippen LogP contribution in [-0.4, -0.2) is 19.2 Å². The Bertz CT molecular complexity index is 399. The van der Waals surface area contributed by atoms with E-state index in [9.17, 15) is 4.79 Å². The van der Waals surface area contributed by atoms with Crippen LogP contribution in [0.2, 0.25) is 0 Å². The molecule has 0 atom stereocenters. The molecule has 86 valence electrons. The molecule has 0 aromatic heterocycles. The first-order chi connectivity index (χ1) is 7.70. The van der Waals surface area contributed by atoms with E-state index in [0.29, 0.717) is 16.1 Å². The molecule has 1 fully saturated rings. The average Bonchev–Trinajstić information content (AvgIpc) is 2.23. The van der Waals surface area contributed by atoms with Gasteiger partial charge in [0.25, 0.3) is 0 Å². The first-order valence-corrected chi connectivity index (χ1v) is 6.04. The number of rotatable bonds is 3. The normalized spacial score (nSPS) is 15.4. The van der Waals surface area contributed by atoms with Crippen LogP contribution in [0.15, 0.2) is 22.7 Å². The summed E-state index contributed by atoms with van der Waals surface area (Å²) in [5, 5.41) is 0. The number of hydrogen-bond donors (Lipinski definition) is 0. The summed E-state index contributed by atoms with van der Waals surface area (Å²) in [6.07, 6.45) is 3.83. The summed E-state index contributed by atoms with van der Waals surface area (Å²) in [6, 6.07) is 5.32. The Morgan fingerprint density at radius 1 is 1.44 bits per heavy atom. The van der Waals surface area contributed by atoms with Crippen LogP contribution in [0.3, 0.4) is 0 Å². The molecule has 0 bridgehead atoms. The summed E-state index contributed by atoms with van der Waals surface area (Å²) < 4.78 is 11.1. The predicted molar refractivity (Wildman–Crippen MR) is 63.7 cm³/mol. The molecule has 1 saturated carbocycles. The van der Waals surface area contributed by atoms with Gasteiger partial charge in [-0.1, -0.05) is 0 Å². The third kappa shape index (κ3) is 2.38. The maximum absolute atomic E-state index is 11.3. The molecule has 0 spiro atoms. The van der Waals surface area contributed by atoms with E-state index >= 15 is 0 Å². The molecule has 3 nitrogen and oxygen atoms in total. The van der Waals surface area contributed by atoms with Crippen LogP contribution in [-0.2, 0) is 4.74 Å². The molecule has 2 rings (SSSR count). The van der Waals surface area contributed by atoms with Gasteiger partial charge in [-0.25, -0.2) is 4.79 Å². The van der Waals surface area contributed by atoms with Crippen molar-refractivity contribution in [1.82, 2.24) is 0 Å². The fraction of sp³-hybridized carbons (Fsp3) is 0.417. The van der Waals surface area contributed by atoms with Gasteiger partial charge < -0.3 is 9.47 Å². The second-order valence-electron chi connectivity index (χ2n) is 3.80. The summed E-state index contributed by atoms with van der Waals surface area (Å²) >= 11 is 3.34. The van der Waals surface area contributed by atoms with Crippen molar-refractivity contribution >= 4 is 21.9 Å². The van der Waals surface area contributed by atoms with E-state index in [1.165, 1.54) is 13.5 Å². The second kappa shape index (κ2) is 4.87. The number of carbonyl (C=O) groups excluding carboxylic acids is 1. The van der Waals surface area contributed by atoms with Crippen molar-refractivity contribution in [2.45, 2.75) is 25.4 Å². The van der Waals surface area contributed by atoms with Gasteiger partial charge in [0.15, 0.2) is 0 Å². The van der Waals surface area contributed by atoms with Crippen molar-refractivity contribution < 1.29 is 14.3 Å². The smallest absolute Gasteiger partial charge is 0.339 e. The molecule has 4 heteroatoms. The molecular weight excluding hydrogens is 272 g/mol. The van der Waals surface area contributed by atoms with Gasteiger partial charge in [0, 0.05) is 4.47 Å². The standard InChI is InChI=1S/C12H13BrO3/c1-15-12(14)10-6-5-9(7-11(10)13)16-8-3-2-4-8/h5-8H,2-4H2,1H3. The van der Waals surface area contributed by atoms with Gasteiger partial charge in [-0.15, -0.1) is 0 Å². The van der Waals surface area contributed by atoms with Crippen LogP contribution < -0.4 is 4.74 Å². The van der Waals surface area contributed by atoms with Crippen LogP contribution in [0.25, 0.3) is 0 Å². The Kier molecular flexibility index (Phi) is 3.49. The third-order valence-electron chi connectivity index (χ3n) is 2.70. The van der Waals surface area contributed by atoms with Gasteiger partial charge in [-0.3, -0.25) is 0 Å². The molecule has 1 aromatic rings. The lowest BCUT2D eigenvalue weighted by molar-refractivity contribution is 0.0599. The van der Waals surface area contributed by atoms with E-state index in [1.54, 1.807) is 12.1 Å². The van der Waals surface area contributed by atoms with Gasteiger partial charge in [0.1, 0.15) is 5.75 Å². The number of carbonyl (C=O) groups is 1. The predicted octanol–water partition coefficient (Wildman–Crippen LogP) is 3.17. The molecule has 1 aromatic carbocycles. The number of esters is 1. The minimum atomic E-state index is -0.345. The lowest BCUT2D eigenvalue weighted by Gasteiger charge is -2.26. The Morgan fingerprint density at radius 3 is 2.69 bits per heavy atom. The Morgan fingerprint density at radius 2 is 2.19 bits per heavy atom. The van der Waals surface area contributed by atoms with Crippen molar-refractivity contribution in [3.8, 4) is 5.75 Å². The minimum Gasteiger partial charge on any atom is -0.490 e. The topological polar surface area (TPSA) is 35.5 Å². The van der Waals surface area contributed by atoms with Crippen LogP contribution in [0.1, 0.15) is 29.6 Å². The summed E-state index contributed by atoms with van der Waals surface area (Å²) in [5.41, 5.74) is 0.517. The van der Waals surface area contributed by atoms with E-state index in [4.69, 9.17) is 4.74 Å². The molecule has 0 aliphatic heterocycles. The molecule has 16 heavy (non-hydrogen) atoms. The monoisotopic (exact) mass is 284 g/mol. The molecule has 1 aliphatic carbocycles. The van der Waals surface area contributed by atoms with Gasteiger partial charge in [-0.2, -0.15) is 0 Å². The van der Waals surface area contributed by atoms with E-state index in [-0.39, 0.29) is 5.97 Å². The molecule has 0 unspecified atom stereocenters. The van der Waals surface area contributed by atoms with Crippen LogP contribution in [0.4, 0.5) is 0 Å². The first kappa shape index (κ1) is 11.5. The fourth-order valence-corrected chi connectivity index (χ4v) is 2.05. The van der Waals surface area contributed by atoms with Crippen LogP contribution >= 0.6 is 15.9 Å². The van der Waals surface area contributed by atoms with Crippen molar-refractivity contribution in [2.24, 2.45) is 0 Å². The first-order valence-electron chi connectivity index (χ1n) is 5.25.